The summed E-state index contributed by atoms with van der Waals surface area (Å²) in [6.45, 7) is 3.04. The third-order valence-corrected chi connectivity index (χ3v) is 7.96. The fourth-order valence-electron chi connectivity index (χ4n) is 3.73. The van der Waals surface area contributed by atoms with E-state index in [0.717, 1.165) is 44.2 Å². The van der Waals surface area contributed by atoms with Crippen LogP contribution in [0, 0.1) is 0 Å². The second kappa shape index (κ2) is 9.53. The van der Waals surface area contributed by atoms with Crippen molar-refractivity contribution < 1.29 is 0 Å². The van der Waals surface area contributed by atoms with Crippen molar-refractivity contribution in [2.75, 3.05) is 11.9 Å². The van der Waals surface area contributed by atoms with Crippen molar-refractivity contribution in [1.82, 2.24) is 10.3 Å². The van der Waals surface area contributed by atoms with Crippen LogP contribution in [-0.4, -0.2) is 22.7 Å². The van der Waals surface area contributed by atoms with Crippen LogP contribution in [0.25, 0.3) is 10.2 Å². The zero-order chi connectivity index (χ0) is 21.9. The van der Waals surface area contributed by atoms with Crippen molar-refractivity contribution in [2.24, 2.45) is 4.99 Å². The van der Waals surface area contributed by atoms with Crippen LogP contribution in [0.5, 0.6) is 0 Å². The molecule has 0 spiro atoms. The number of benzene rings is 3. The molecule has 1 saturated heterocycles. The Balaban J connectivity index is 1.17. The van der Waals surface area contributed by atoms with Gasteiger partial charge in [0.15, 0.2) is 10.3 Å². The summed E-state index contributed by atoms with van der Waals surface area (Å²) in [5.74, 6) is 0. The Morgan fingerprint density at radius 3 is 2.69 bits per heavy atom. The number of nitrogens with one attached hydrogen (secondary N) is 2. The molecular weight excluding hydrogens is 456 g/mol. The molecule has 1 fully saturated rings. The number of halogens is 1. The van der Waals surface area contributed by atoms with Crippen molar-refractivity contribution in [3.05, 3.63) is 88.9 Å². The molecule has 162 valence electrons. The molecule has 0 bridgehead atoms. The van der Waals surface area contributed by atoms with Crippen LogP contribution < -0.4 is 10.6 Å². The summed E-state index contributed by atoms with van der Waals surface area (Å²) in [4.78, 5) is 9.43. The lowest BCUT2D eigenvalue weighted by Crippen LogP contribution is -2.24. The Labute approximate surface area is 201 Å². The zero-order valence-electron chi connectivity index (χ0n) is 17.6. The number of hydrogen-bond acceptors (Lipinski definition) is 5. The summed E-state index contributed by atoms with van der Waals surface area (Å²) in [5.41, 5.74) is 4.56. The van der Waals surface area contributed by atoms with Gasteiger partial charge in [0.2, 0.25) is 0 Å². The van der Waals surface area contributed by atoms with Crippen molar-refractivity contribution in [1.29, 1.82) is 0 Å². The summed E-state index contributed by atoms with van der Waals surface area (Å²) in [6.07, 6.45) is 0.924. The number of fused-ring (bicyclic) bond motifs is 1. The van der Waals surface area contributed by atoms with Crippen LogP contribution in [0.2, 0.25) is 5.02 Å². The van der Waals surface area contributed by atoms with E-state index in [1.807, 2.05) is 18.2 Å². The number of thioether (sulfide) groups is 1. The average molecular weight is 479 g/mol. The number of amidine groups is 1. The molecule has 0 radical (unpaired) electrons. The van der Waals surface area contributed by atoms with E-state index < -0.39 is 0 Å². The SMILES string of the molecule is C[C@@H]1N/C(=N/c2ccc(CCNc3nc4ccc(Cl)cc4s3)cc2)SC1c1ccccc1. The topological polar surface area (TPSA) is 49.3 Å². The lowest BCUT2D eigenvalue weighted by atomic mass is 10.1. The number of thiazole rings is 1. The number of anilines is 1. The van der Waals surface area contributed by atoms with E-state index in [1.54, 1.807) is 23.1 Å². The molecule has 4 nitrogen and oxygen atoms in total. The van der Waals surface area contributed by atoms with Gasteiger partial charge in [-0.05, 0) is 54.8 Å². The van der Waals surface area contributed by atoms with Crippen molar-refractivity contribution in [3.63, 3.8) is 0 Å². The number of aromatic nitrogens is 1. The molecule has 0 aliphatic carbocycles. The molecule has 1 aliphatic heterocycles. The molecule has 1 unspecified atom stereocenters. The number of hydrogen-bond donors (Lipinski definition) is 2. The van der Waals surface area contributed by atoms with Gasteiger partial charge in [-0.15, -0.1) is 0 Å². The Kier molecular flexibility index (Phi) is 6.35. The quantitative estimate of drug-likeness (QED) is 0.311. The number of nitrogens with zero attached hydrogens (tertiary/aromatic N) is 2. The van der Waals surface area contributed by atoms with E-state index in [9.17, 15) is 0 Å². The maximum atomic E-state index is 6.06. The number of rotatable bonds is 6. The first-order valence-electron chi connectivity index (χ1n) is 10.6. The maximum Gasteiger partial charge on any atom is 0.183 e. The molecule has 32 heavy (non-hydrogen) atoms. The number of aliphatic imine (C=N–C) groups is 1. The fourth-order valence-corrected chi connectivity index (χ4v) is 6.11. The average Bonchev–Trinajstić information content (AvgIpc) is 3.37. The summed E-state index contributed by atoms with van der Waals surface area (Å²) >= 11 is 9.50. The molecule has 2 atom stereocenters. The van der Waals surface area contributed by atoms with Gasteiger partial charge in [-0.2, -0.15) is 0 Å². The highest BCUT2D eigenvalue weighted by molar-refractivity contribution is 8.14. The van der Waals surface area contributed by atoms with Gasteiger partial charge in [-0.25, -0.2) is 9.98 Å². The largest absolute Gasteiger partial charge is 0.361 e. The van der Waals surface area contributed by atoms with E-state index in [1.165, 1.54) is 11.1 Å². The molecule has 4 aromatic rings. The highest BCUT2D eigenvalue weighted by Gasteiger charge is 2.29. The Bertz CT molecular complexity index is 1240. The van der Waals surface area contributed by atoms with Gasteiger partial charge in [0, 0.05) is 17.6 Å². The molecular formula is C25H23ClN4S2. The Morgan fingerprint density at radius 1 is 1.06 bits per heavy atom. The van der Waals surface area contributed by atoms with Gasteiger partial charge >= 0.3 is 0 Å². The van der Waals surface area contributed by atoms with Crippen molar-refractivity contribution >= 4 is 60.9 Å². The minimum atomic E-state index is 0.352. The van der Waals surface area contributed by atoms with E-state index in [-0.39, 0.29) is 0 Å². The molecule has 0 saturated carbocycles. The Morgan fingerprint density at radius 2 is 1.88 bits per heavy atom. The predicted molar refractivity (Wildman–Crippen MR) is 140 cm³/mol. The van der Waals surface area contributed by atoms with E-state index in [0.29, 0.717) is 11.3 Å². The lowest BCUT2D eigenvalue weighted by molar-refractivity contribution is 0.671. The minimum absolute atomic E-state index is 0.352. The fraction of sp³-hybridized carbons (Fsp3) is 0.200. The van der Waals surface area contributed by atoms with Gasteiger partial charge in [0.05, 0.1) is 21.2 Å². The molecule has 2 heterocycles. The third kappa shape index (κ3) is 4.93. The Hall–Kier alpha value is -2.54. The van der Waals surface area contributed by atoms with Gasteiger partial charge in [-0.1, -0.05) is 77.2 Å². The van der Waals surface area contributed by atoms with Crippen LogP contribution >= 0.6 is 34.7 Å². The van der Waals surface area contributed by atoms with Crippen LogP contribution in [0.1, 0.15) is 23.3 Å². The third-order valence-electron chi connectivity index (χ3n) is 5.38. The zero-order valence-corrected chi connectivity index (χ0v) is 20.0. The van der Waals surface area contributed by atoms with Gasteiger partial charge < -0.3 is 10.6 Å². The highest BCUT2D eigenvalue weighted by atomic mass is 35.5. The van der Waals surface area contributed by atoms with Crippen molar-refractivity contribution in [2.45, 2.75) is 24.6 Å². The first-order valence-corrected chi connectivity index (χ1v) is 12.7. The second-order valence-electron chi connectivity index (χ2n) is 7.77. The summed E-state index contributed by atoms with van der Waals surface area (Å²) in [7, 11) is 0. The summed E-state index contributed by atoms with van der Waals surface area (Å²) in [6, 6.07) is 25.2. The molecule has 7 heteroatoms. The monoisotopic (exact) mass is 478 g/mol. The summed E-state index contributed by atoms with van der Waals surface area (Å²) in [5, 5.41) is 9.99. The van der Waals surface area contributed by atoms with Crippen LogP contribution in [-0.2, 0) is 6.42 Å². The maximum absolute atomic E-state index is 6.06. The van der Waals surface area contributed by atoms with E-state index in [2.05, 4.69) is 77.1 Å². The van der Waals surface area contributed by atoms with Crippen molar-refractivity contribution in [3.8, 4) is 0 Å². The molecule has 0 amide bonds. The van der Waals surface area contributed by atoms with Crippen LogP contribution in [0.15, 0.2) is 77.8 Å². The van der Waals surface area contributed by atoms with E-state index >= 15 is 0 Å². The smallest absolute Gasteiger partial charge is 0.183 e. The summed E-state index contributed by atoms with van der Waals surface area (Å²) < 4.78 is 1.10. The predicted octanol–water partition coefficient (Wildman–Crippen LogP) is 7.06. The lowest BCUT2D eigenvalue weighted by Gasteiger charge is -2.12. The normalized spacial score (nSPS) is 19.4. The van der Waals surface area contributed by atoms with E-state index in [4.69, 9.17) is 16.6 Å². The van der Waals surface area contributed by atoms with Gasteiger partial charge in [0.1, 0.15) is 0 Å². The molecule has 2 N–H and O–H groups in total. The molecule has 1 aliphatic rings. The second-order valence-corrected chi connectivity index (χ2v) is 10.4. The molecule has 3 aromatic carbocycles. The molecule has 1 aromatic heterocycles. The van der Waals surface area contributed by atoms with Gasteiger partial charge in [-0.3, -0.25) is 0 Å². The standard InChI is InChI=1S/C25H23ClN4S2/c1-16-23(18-5-3-2-4-6-18)32-25(28-16)29-20-10-7-17(8-11-20)13-14-27-24-30-21-12-9-19(26)15-22(21)31-24/h2-12,15-16,23H,13-14H2,1H3,(H,27,30)(H,28,29)/t16-,23?/m0/s1. The first kappa shape index (κ1) is 21.3. The first-order chi connectivity index (χ1) is 15.6. The van der Waals surface area contributed by atoms with Crippen LogP contribution in [0.4, 0.5) is 10.8 Å². The van der Waals surface area contributed by atoms with Gasteiger partial charge in [0.25, 0.3) is 0 Å². The minimum Gasteiger partial charge on any atom is -0.361 e. The molecule has 5 rings (SSSR count). The van der Waals surface area contributed by atoms with Crippen LogP contribution in [0.3, 0.4) is 0 Å². The highest BCUT2D eigenvalue weighted by Crippen LogP contribution is 2.38.